The monoisotopic (exact) mass is 468 g/mol. The summed E-state index contributed by atoms with van der Waals surface area (Å²) in [5.74, 6) is -0.595. The van der Waals surface area contributed by atoms with Crippen LogP contribution in [0, 0.1) is 0 Å². The van der Waals surface area contributed by atoms with Crippen LogP contribution in [0.2, 0.25) is 0 Å². The zero-order valence-corrected chi connectivity index (χ0v) is 19.7. The fraction of sp³-hybridized carbons (Fsp3) is 0.423. The standard InChI is InChI=1S/C26H32N2O6/c1-33-16-8-13-28-24(31)18-26(25(28)32,21-11-6-7-12-22(21)34-2)17-23(30)27(14-15-29)19-20-9-4-3-5-10-20/h3-7,9-12,29H,8,13-19H2,1-2H3. The van der Waals surface area contributed by atoms with Gasteiger partial charge in [-0.25, -0.2) is 0 Å². The minimum atomic E-state index is -1.38. The normalized spacial score (nSPS) is 17.8. The van der Waals surface area contributed by atoms with Gasteiger partial charge in [0.2, 0.25) is 17.7 Å². The average Bonchev–Trinajstić information content (AvgIpc) is 3.09. The summed E-state index contributed by atoms with van der Waals surface area (Å²) in [5.41, 5.74) is 0.0471. The summed E-state index contributed by atoms with van der Waals surface area (Å²) in [7, 11) is 3.06. The molecule has 1 aliphatic rings. The van der Waals surface area contributed by atoms with Crippen LogP contribution < -0.4 is 4.74 Å². The van der Waals surface area contributed by atoms with Gasteiger partial charge in [-0.05, 0) is 18.1 Å². The van der Waals surface area contributed by atoms with Crippen LogP contribution in [0.3, 0.4) is 0 Å². The highest BCUT2D eigenvalue weighted by molar-refractivity contribution is 6.11. The van der Waals surface area contributed by atoms with Crippen LogP contribution >= 0.6 is 0 Å². The zero-order chi connectivity index (χ0) is 24.6. The van der Waals surface area contributed by atoms with Gasteiger partial charge in [-0.15, -0.1) is 0 Å². The lowest BCUT2D eigenvalue weighted by Gasteiger charge is -2.31. The molecule has 0 saturated carbocycles. The highest BCUT2D eigenvalue weighted by atomic mass is 16.5. The molecule has 1 atom stereocenters. The number of imide groups is 1. The number of hydrogen-bond donors (Lipinski definition) is 1. The number of carbonyl (C=O) groups is 3. The molecule has 2 aromatic rings. The molecule has 3 rings (SSSR count). The number of aliphatic hydroxyl groups is 1. The predicted octanol–water partition coefficient (Wildman–Crippen LogP) is 2.14. The van der Waals surface area contributed by atoms with Crippen LogP contribution in [-0.4, -0.2) is 73.2 Å². The third-order valence-corrected chi connectivity index (χ3v) is 6.15. The van der Waals surface area contributed by atoms with E-state index in [1.165, 1.54) is 16.9 Å². The van der Waals surface area contributed by atoms with E-state index in [0.29, 0.717) is 30.9 Å². The zero-order valence-electron chi connectivity index (χ0n) is 19.7. The Kier molecular flexibility index (Phi) is 8.79. The van der Waals surface area contributed by atoms with Gasteiger partial charge in [-0.2, -0.15) is 0 Å². The van der Waals surface area contributed by atoms with Gasteiger partial charge < -0.3 is 19.5 Å². The molecule has 0 radical (unpaired) electrons. The van der Waals surface area contributed by atoms with Crippen molar-refractivity contribution in [1.29, 1.82) is 0 Å². The number of para-hydroxylation sites is 1. The molecule has 1 saturated heterocycles. The molecular formula is C26H32N2O6. The Morgan fingerprint density at radius 2 is 1.79 bits per heavy atom. The minimum absolute atomic E-state index is 0.120. The Hall–Kier alpha value is -3.23. The van der Waals surface area contributed by atoms with Crippen LogP contribution in [-0.2, 0) is 31.1 Å². The quantitative estimate of drug-likeness (QED) is 0.379. The van der Waals surface area contributed by atoms with Crippen molar-refractivity contribution < 1.29 is 29.0 Å². The van der Waals surface area contributed by atoms with Gasteiger partial charge in [0, 0.05) is 51.8 Å². The first kappa shape index (κ1) is 25.4. The smallest absolute Gasteiger partial charge is 0.241 e. The summed E-state index contributed by atoms with van der Waals surface area (Å²) in [6, 6.07) is 16.5. The fourth-order valence-corrected chi connectivity index (χ4v) is 4.46. The lowest BCUT2D eigenvalue weighted by molar-refractivity contribution is -0.143. The molecular weight excluding hydrogens is 436 g/mol. The van der Waals surface area contributed by atoms with E-state index >= 15 is 0 Å². The van der Waals surface area contributed by atoms with Crippen LogP contribution in [0.1, 0.15) is 30.4 Å². The van der Waals surface area contributed by atoms with E-state index in [0.717, 1.165) is 5.56 Å². The van der Waals surface area contributed by atoms with Crippen molar-refractivity contribution in [3.05, 3.63) is 65.7 Å². The SMILES string of the molecule is COCCCN1C(=O)CC(CC(=O)N(CCO)Cc2ccccc2)(c2ccccc2OC)C1=O. The first-order valence-electron chi connectivity index (χ1n) is 11.4. The van der Waals surface area contributed by atoms with Gasteiger partial charge in [0.05, 0.1) is 19.1 Å². The lowest BCUT2D eigenvalue weighted by atomic mass is 9.75. The second kappa shape index (κ2) is 11.8. The Morgan fingerprint density at radius 3 is 2.47 bits per heavy atom. The van der Waals surface area contributed by atoms with Gasteiger partial charge in [0.1, 0.15) is 5.75 Å². The second-order valence-electron chi connectivity index (χ2n) is 8.36. The van der Waals surface area contributed by atoms with Crippen LogP contribution in [0.25, 0.3) is 0 Å². The van der Waals surface area contributed by atoms with Crippen LogP contribution in [0.4, 0.5) is 0 Å². The highest BCUT2D eigenvalue weighted by Crippen LogP contribution is 2.44. The number of benzene rings is 2. The van der Waals surface area contributed by atoms with Crippen molar-refractivity contribution in [3.8, 4) is 5.75 Å². The molecule has 1 aliphatic heterocycles. The molecule has 8 heteroatoms. The summed E-state index contributed by atoms with van der Waals surface area (Å²) in [6.45, 7) is 0.841. The number of carbonyl (C=O) groups excluding carboxylic acids is 3. The maximum Gasteiger partial charge on any atom is 0.241 e. The second-order valence-corrected chi connectivity index (χ2v) is 8.36. The molecule has 34 heavy (non-hydrogen) atoms. The summed E-state index contributed by atoms with van der Waals surface area (Å²) in [5, 5.41) is 9.59. The summed E-state index contributed by atoms with van der Waals surface area (Å²) in [6.07, 6.45) is 0.184. The molecule has 0 bridgehead atoms. The number of amides is 3. The minimum Gasteiger partial charge on any atom is -0.496 e. The maximum absolute atomic E-state index is 13.8. The third-order valence-electron chi connectivity index (χ3n) is 6.15. The van der Waals surface area contributed by atoms with Crippen molar-refractivity contribution in [1.82, 2.24) is 9.80 Å². The van der Waals surface area contributed by atoms with E-state index in [2.05, 4.69) is 0 Å². The summed E-state index contributed by atoms with van der Waals surface area (Å²) in [4.78, 5) is 43.1. The highest BCUT2D eigenvalue weighted by Gasteiger charge is 2.55. The number of likely N-dealkylation sites (tertiary alicyclic amines) is 1. The van der Waals surface area contributed by atoms with Gasteiger partial charge in [-0.1, -0.05) is 48.5 Å². The van der Waals surface area contributed by atoms with Crippen molar-refractivity contribution in [3.63, 3.8) is 0 Å². The molecule has 3 amide bonds. The topological polar surface area (TPSA) is 96.4 Å². The number of aliphatic hydroxyl groups excluding tert-OH is 1. The lowest BCUT2D eigenvalue weighted by Crippen LogP contribution is -2.44. The Labute approximate surface area is 200 Å². The van der Waals surface area contributed by atoms with E-state index in [-0.39, 0.29) is 44.4 Å². The molecule has 8 nitrogen and oxygen atoms in total. The van der Waals surface area contributed by atoms with E-state index in [1.807, 2.05) is 30.3 Å². The third kappa shape index (κ3) is 5.46. The Bertz CT molecular complexity index is 996. The molecule has 1 fully saturated rings. The number of rotatable bonds is 12. The molecule has 1 N–H and O–H groups in total. The number of ether oxygens (including phenoxy) is 2. The largest absolute Gasteiger partial charge is 0.496 e. The molecule has 0 spiro atoms. The van der Waals surface area contributed by atoms with Crippen LogP contribution in [0.5, 0.6) is 5.75 Å². The van der Waals surface area contributed by atoms with Crippen LogP contribution in [0.15, 0.2) is 54.6 Å². The number of nitrogens with zero attached hydrogens (tertiary/aromatic N) is 2. The van der Waals surface area contributed by atoms with Crippen molar-refractivity contribution in [2.24, 2.45) is 0 Å². The van der Waals surface area contributed by atoms with Crippen molar-refractivity contribution >= 4 is 17.7 Å². The van der Waals surface area contributed by atoms with Gasteiger partial charge in [0.25, 0.3) is 0 Å². The molecule has 0 aliphatic carbocycles. The van der Waals surface area contributed by atoms with Crippen molar-refractivity contribution in [2.75, 3.05) is 40.5 Å². The Balaban J connectivity index is 1.96. The van der Waals surface area contributed by atoms with E-state index in [1.54, 1.807) is 31.4 Å². The number of methoxy groups -OCH3 is 2. The summed E-state index contributed by atoms with van der Waals surface area (Å²) < 4.78 is 10.6. The van der Waals surface area contributed by atoms with Gasteiger partial charge in [0.15, 0.2) is 0 Å². The van der Waals surface area contributed by atoms with Gasteiger partial charge >= 0.3 is 0 Å². The predicted molar refractivity (Wildman–Crippen MR) is 126 cm³/mol. The van der Waals surface area contributed by atoms with Crippen molar-refractivity contribution in [2.45, 2.75) is 31.2 Å². The first-order valence-corrected chi connectivity index (χ1v) is 11.4. The van der Waals surface area contributed by atoms with Gasteiger partial charge in [-0.3, -0.25) is 19.3 Å². The average molecular weight is 469 g/mol. The number of hydrogen-bond acceptors (Lipinski definition) is 6. The molecule has 1 unspecified atom stereocenters. The summed E-state index contributed by atoms with van der Waals surface area (Å²) >= 11 is 0. The Morgan fingerprint density at radius 1 is 1.09 bits per heavy atom. The maximum atomic E-state index is 13.8. The molecule has 0 aromatic heterocycles. The van der Waals surface area contributed by atoms with E-state index < -0.39 is 11.3 Å². The van der Waals surface area contributed by atoms with E-state index in [4.69, 9.17) is 9.47 Å². The fourth-order valence-electron chi connectivity index (χ4n) is 4.46. The molecule has 1 heterocycles. The first-order chi connectivity index (χ1) is 16.5. The molecule has 182 valence electrons. The molecule has 2 aromatic carbocycles. The van der Waals surface area contributed by atoms with E-state index in [9.17, 15) is 19.5 Å².